The molecule has 2 heteroatoms. The highest BCUT2D eigenvalue weighted by Crippen LogP contribution is 2.31. The van der Waals surface area contributed by atoms with Gasteiger partial charge in [-0.25, -0.2) is 4.79 Å². The molecule has 0 radical (unpaired) electrons. The number of rotatable bonds is 2. The summed E-state index contributed by atoms with van der Waals surface area (Å²) in [4.78, 5) is 11.2. The quantitative estimate of drug-likeness (QED) is 0.614. The average molecular weight is 182 g/mol. The van der Waals surface area contributed by atoms with Gasteiger partial charge >= 0.3 is 5.97 Å². The molecule has 1 aliphatic rings. The molecule has 0 aliphatic carbocycles. The van der Waals surface area contributed by atoms with Crippen molar-refractivity contribution >= 4 is 5.97 Å². The van der Waals surface area contributed by atoms with Gasteiger partial charge in [-0.2, -0.15) is 0 Å². The topological polar surface area (TPSA) is 26.3 Å². The Bertz CT molecular complexity index is 240. The van der Waals surface area contributed by atoms with E-state index in [-0.39, 0.29) is 11.6 Å². The fourth-order valence-corrected chi connectivity index (χ4v) is 2.13. The number of hydrogen-bond donors (Lipinski definition) is 0. The van der Waals surface area contributed by atoms with Crippen LogP contribution >= 0.6 is 0 Å². The molecule has 0 saturated heterocycles. The molecule has 0 amide bonds. The zero-order valence-corrected chi connectivity index (χ0v) is 8.89. The highest BCUT2D eigenvalue weighted by molar-refractivity contribution is 5.84. The number of cyclic esters (lactones) is 1. The van der Waals surface area contributed by atoms with Crippen LogP contribution in [0.1, 0.15) is 40.5 Å². The van der Waals surface area contributed by atoms with E-state index in [1.54, 1.807) is 6.08 Å². The van der Waals surface area contributed by atoms with E-state index in [1.807, 2.05) is 13.8 Å². The fraction of sp³-hybridized carbons (Fsp3) is 0.727. The van der Waals surface area contributed by atoms with Gasteiger partial charge in [-0.1, -0.05) is 19.4 Å². The maximum atomic E-state index is 11.2. The van der Waals surface area contributed by atoms with Crippen molar-refractivity contribution in [1.82, 2.24) is 0 Å². The first-order valence-electron chi connectivity index (χ1n) is 4.81. The largest absolute Gasteiger partial charge is 0.456 e. The molecule has 0 fully saturated rings. The highest BCUT2D eigenvalue weighted by atomic mass is 16.6. The SMILES string of the molecule is CC1=CC(=O)OC(C)(CC(C)C)C1. The maximum Gasteiger partial charge on any atom is 0.331 e. The number of esters is 1. The molecule has 13 heavy (non-hydrogen) atoms. The van der Waals surface area contributed by atoms with Crippen molar-refractivity contribution in [2.24, 2.45) is 5.92 Å². The summed E-state index contributed by atoms with van der Waals surface area (Å²) in [6.45, 7) is 8.29. The van der Waals surface area contributed by atoms with E-state index in [2.05, 4.69) is 13.8 Å². The van der Waals surface area contributed by atoms with Crippen LogP contribution in [0.3, 0.4) is 0 Å². The normalized spacial score (nSPS) is 28.7. The van der Waals surface area contributed by atoms with Crippen molar-refractivity contribution in [1.29, 1.82) is 0 Å². The van der Waals surface area contributed by atoms with Crippen LogP contribution in [-0.2, 0) is 9.53 Å². The fourth-order valence-electron chi connectivity index (χ4n) is 2.13. The molecule has 1 unspecified atom stereocenters. The molecule has 0 aromatic rings. The molecular weight excluding hydrogens is 164 g/mol. The van der Waals surface area contributed by atoms with Gasteiger partial charge in [0.25, 0.3) is 0 Å². The summed E-state index contributed by atoms with van der Waals surface area (Å²) in [5.74, 6) is 0.371. The van der Waals surface area contributed by atoms with E-state index in [0.29, 0.717) is 5.92 Å². The third-order valence-corrected chi connectivity index (χ3v) is 2.20. The van der Waals surface area contributed by atoms with E-state index >= 15 is 0 Å². The van der Waals surface area contributed by atoms with Crippen LogP contribution in [0.4, 0.5) is 0 Å². The standard InChI is InChI=1S/C11H18O2/c1-8(2)6-11(4)7-9(3)5-10(12)13-11/h5,8H,6-7H2,1-4H3. The highest BCUT2D eigenvalue weighted by Gasteiger charge is 2.32. The van der Waals surface area contributed by atoms with Crippen LogP contribution in [0.2, 0.25) is 0 Å². The minimum absolute atomic E-state index is 0.188. The summed E-state index contributed by atoms with van der Waals surface area (Å²) in [6.07, 6.45) is 3.39. The zero-order valence-electron chi connectivity index (χ0n) is 8.89. The number of carbonyl (C=O) groups excluding carboxylic acids is 1. The molecule has 0 saturated carbocycles. The minimum Gasteiger partial charge on any atom is -0.456 e. The van der Waals surface area contributed by atoms with E-state index in [9.17, 15) is 4.79 Å². The molecule has 0 aromatic carbocycles. The molecule has 74 valence electrons. The monoisotopic (exact) mass is 182 g/mol. The molecule has 1 aliphatic heterocycles. The Hall–Kier alpha value is -0.790. The summed E-state index contributed by atoms with van der Waals surface area (Å²) in [5.41, 5.74) is 0.851. The first-order valence-corrected chi connectivity index (χ1v) is 4.81. The molecule has 0 N–H and O–H groups in total. The average Bonchev–Trinajstić information content (AvgIpc) is 1.77. The summed E-state index contributed by atoms with van der Waals surface area (Å²) in [5, 5.41) is 0. The summed E-state index contributed by atoms with van der Waals surface area (Å²) < 4.78 is 5.34. The predicted molar refractivity (Wildman–Crippen MR) is 52.3 cm³/mol. The van der Waals surface area contributed by atoms with Crippen LogP contribution in [0.5, 0.6) is 0 Å². The van der Waals surface area contributed by atoms with Gasteiger partial charge in [0.05, 0.1) is 0 Å². The van der Waals surface area contributed by atoms with E-state index in [1.165, 1.54) is 0 Å². The summed E-state index contributed by atoms with van der Waals surface area (Å²) in [6, 6.07) is 0. The Morgan fingerprint density at radius 1 is 1.62 bits per heavy atom. The molecule has 0 aromatic heterocycles. The molecule has 1 atom stereocenters. The lowest BCUT2D eigenvalue weighted by molar-refractivity contribution is -0.155. The first kappa shape index (κ1) is 10.3. The Kier molecular flexibility index (Phi) is 2.79. The lowest BCUT2D eigenvalue weighted by Gasteiger charge is -2.34. The van der Waals surface area contributed by atoms with Crippen LogP contribution in [-0.4, -0.2) is 11.6 Å². The van der Waals surface area contributed by atoms with E-state index in [4.69, 9.17) is 4.74 Å². The van der Waals surface area contributed by atoms with Gasteiger partial charge in [0.2, 0.25) is 0 Å². The number of carbonyl (C=O) groups is 1. The van der Waals surface area contributed by atoms with Gasteiger partial charge in [0.15, 0.2) is 0 Å². The van der Waals surface area contributed by atoms with Gasteiger partial charge < -0.3 is 4.74 Å². The Balaban J connectivity index is 2.71. The minimum atomic E-state index is -0.274. The van der Waals surface area contributed by atoms with Crippen molar-refractivity contribution in [3.63, 3.8) is 0 Å². The third-order valence-electron chi connectivity index (χ3n) is 2.20. The lowest BCUT2D eigenvalue weighted by atomic mass is 9.87. The maximum absolute atomic E-state index is 11.2. The van der Waals surface area contributed by atoms with Gasteiger partial charge in [-0.05, 0) is 26.2 Å². The first-order chi connectivity index (χ1) is 5.91. The van der Waals surface area contributed by atoms with Crippen LogP contribution < -0.4 is 0 Å². The lowest BCUT2D eigenvalue weighted by Crippen LogP contribution is -2.36. The Morgan fingerprint density at radius 3 is 2.69 bits per heavy atom. The van der Waals surface area contributed by atoms with Crippen molar-refractivity contribution in [2.45, 2.75) is 46.1 Å². The number of ether oxygens (including phenoxy) is 1. The van der Waals surface area contributed by atoms with Gasteiger partial charge in [0, 0.05) is 12.5 Å². The Labute approximate surface area is 80.0 Å². The predicted octanol–water partition coefficient (Wildman–Crippen LogP) is 2.68. The smallest absolute Gasteiger partial charge is 0.331 e. The molecule has 1 heterocycles. The second kappa shape index (κ2) is 3.52. The molecule has 1 rings (SSSR count). The van der Waals surface area contributed by atoms with E-state index < -0.39 is 0 Å². The van der Waals surface area contributed by atoms with Crippen molar-refractivity contribution in [2.75, 3.05) is 0 Å². The van der Waals surface area contributed by atoms with E-state index in [0.717, 1.165) is 18.4 Å². The van der Waals surface area contributed by atoms with Crippen molar-refractivity contribution in [3.8, 4) is 0 Å². The second-order valence-electron chi connectivity index (χ2n) is 4.64. The molecule has 2 nitrogen and oxygen atoms in total. The molecular formula is C11H18O2. The molecule has 0 spiro atoms. The zero-order chi connectivity index (χ0) is 10.1. The van der Waals surface area contributed by atoms with Crippen LogP contribution in [0.15, 0.2) is 11.6 Å². The second-order valence-corrected chi connectivity index (χ2v) is 4.64. The van der Waals surface area contributed by atoms with Crippen LogP contribution in [0, 0.1) is 5.92 Å². The van der Waals surface area contributed by atoms with Gasteiger partial charge in [0.1, 0.15) is 5.60 Å². The van der Waals surface area contributed by atoms with Crippen molar-refractivity contribution in [3.05, 3.63) is 11.6 Å². The third kappa shape index (κ3) is 2.87. The van der Waals surface area contributed by atoms with Crippen LogP contribution in [0.25, 0.3) is 0 Å². The van der Waals surface area contributed by atoms with Gasteiger partial charge in [-0.3, -0.25) is 0 Å². The molecule has 0 bridgehead atoms. The van der Waals surface area contributed by atoms with Crippen molar-refractivity contribution < 1.29 is 9.53 Å². The van der Waals surface area contributed by atoms with Gasteiger partial charge in [-0.15, -0.1) is 0 Å². The number of hydrogen-bond acceptors (Lipinski definition) is 2. The summed E-state index contributed by atoms with van der Waals surface area (Å²) >= 11 is 0. The summed E-state index contributed by atoms with van der Waals surface area (Å²) in [7, 11) is 0. The Morgan fingerprint density at radius 2 is 2.23 bits per heavy atom.